The predicted molar refractivity (Wildman–Crippen MR) is 61.6 cm³/mol. The van der Waals surface area contributed by atoms with E-state index in [1.54, 1.807) is 6.92 Å². The van der Waals surface area contributed by atoms with E-state index in [2.05, 4.69) is 0 Å². The highest BCUT2D eigenvalue weighted by atomic mass is 35.5. The lowest BCUT2D eigenvalue weighted by atomic mass is 9.93. The number of benzene rings is 1. The van der Waals surface area contributed by atoms with Gasteiger partial charge in [0.05, 0.1) is 5.92 Å². The number of hydrogen-bond acceptors (Lipinski definition) is 1. The van der Waals surface area contributed by atoms with Crippen LogP contribution in [-0.2, 0) is 11.2 Å². The molecular formula is C12H15ClO2. The third-order valence-electron chi connectivity index (χ3n) is 2.54. The SMILES string of the molecule is CCc1cc(C)cc(Cl)c1C(C)C(=O)O. The van der Waals surface area contributed by atoms with Gasteiger partial charge in [-0.2, -0.15) is 0 Å². The lowest BCUT2D eigenvalue weighted by molar-refractivity contribution is -0.138. The first-order valence-corrected chi connectivity index (χ1v) is 5.36. The van der Waals surface area contributed by atoms with Crippen molar-refractivity contribution in [1.82, 2.24) is 0 Å². The zero-order chi connectivity index (χ0) is 11.6. The minimum absolute atomic E-state index is 0.548. The van der Waals surface area contributed by atoms with Crippen molar-refractivity contribution in [3.05, 3.63) is 33.8 Å². The van der Waals surface area contributed by atoms with Gasteiger partial charge in [0.1, 0.15) is 0 Å². The van der Waals surface area contributed by atoms with Crippen LogP contribution in [0.15, 0.2) is 12.1 Å². The van der Waals surface area contributed by atoms with Crippen LogP contribution in [0.4, 0.5) is 0 Å². The minimum Gasteiger partial charge on any atom is -0.481 e. The van der Waals surface area contributed by atoms with Crippen molar-refractivity contribution in [3.8, 4) is 0 Å². The van der Waals surface area contributed by atoms with Crippen molar-refractivity contribution in [3.63, 3.8) is 0 Å². The first-order chi connectivity index (χ1) is 6.97. The lowest BCUT2D eigenvalue weighted by Gasteiger charge is -2.15. The summed E-state index contributed by atoms with van der Waals surface area (Å²) in [6.45, 7) is 5.63. The Balaban J connectivity index is 3.32. The molecule has 0 aliphatic carbocycles. The van der Waals surface area contributed by atoms with Crippen molar-refractivity contribution >= 4 is 17.6 Å². The second-order valence-electron chi connectivity index (χ2n) is 3.73. The summed E-state index contributed by atoms with van der Waals surface area (Å²) in [4.78, 5) is 10.9. The monoisotopic (exact) mass is 226 g/mol. The second-order valence-corrected chi connectivity index (χ2v) is 4.14. The molecule has 1 N–H and O–H groups in total. The van der Waals surface area contributed by atoms with Gasteiger partial charge in [0.2, 0.25) is 0 Å². The third kappa shape index (κ3) is 2.51. The van der Waals surface area contributed by atoms with Crippen molar-refractivity contribution < 1.29 is 9.90 Å². The molecule has 0 saturated carbocycles. The second kappa shape index (κ2) is 4.67. The fourth-order valence-electron chi connectivity index (χ4n) is 1.73. The first kappa shape index (κ1) is 12.1. The van der Waals surface area contributed by atoms with Crippen molar-refractivity contribution in [1.29, 1.82) is 0 Å². The zero-order valence-electron chi connectivity index (χ0n) is 9.17. The van der Waals surface area contributed by atoms with Gasteiger partial charge in [-0.25, -0.2) is 0 Å². The van der Waals surface area contributed by atoms with Gasteiger partial charge in [-0.3, -0.25) is 4.79 Å². The van der Waals surface area contributed by atoms with Crippen molar-refractivity contribution in [2.24, 2.45) is 0 Å². The number of rotatable bonds is 3. The maximum atomic E-state index is 10.9. The molecule has 1 atom stereocenters. The van der Waals surface area contributed by atoms with Crippen LogP contribution in [-0.4, -0.2) is 11.1 Å². The summed E-state index contributed by atoms with van der Waals surface area (Å²) in [5.41, 5.74) is 2.84. The van der Waals surface area contributed by atoms with Crippen LogP contribution in [0.25, 0.3) is 0 Å². The van der Waals surface area contributed by atoms with Gasteiger partial charge >= 0.3 is 5.97 Å². The van der Waals surface area contributed by atoms with Crippen LogP contribution in [0.1, 0.15) is 36.5 Å². The Morgan fingerprint density at radius 2 is 2.13 bits per heavy atom. The summed E-state index contributed by atoms with van der Waals surface area (Å²) < 4.78 is 0. The standard InChI is InChI=1S/C12H15ClO2/c1-4-9-5-7(2)6-10(13)11(9)8(3)12(14)15/h5-6,8H,4H2,1-3H3,(H,14,15). The molecule has 0 spiro atoms. The smallest absolute Gasteiger partial charge is 0.310 e. The average Bonchev–Trinajstić information content (AvgIpc) is 2.15. The molecule has 3 heteroatoms. The van der Waals surface area contributed by atoms with Gasteiger partial charge in [0, 0.05) is 5.02 Å². The molecule has 0 saturated heterocycles. The molecule has 1 unspecified atom stereocenters. The number of aryl methyl sites for hydroxylation is 2. The highest BCUT2D eigenvalue weighted by Gasteiger charge is 2.20. The summed E-state index contributed by atoms with van der Waals surface area (Å²) in [7, 11) is 0. The summed E-state index contributed by atoms with van der Waals surface area (Å²) in [5, 5.41) is 9.55. The Morgan fingerprint density at radius 1 is 1.53 bits per heavy atom. The molecule has 1 rings (SSSR count). The highest BCUT2D eigenvalue weighted by Crippen LogP contribution is 2.30. The summed E-state index contributed by atoms with van der Waals surface area (Å²) >= 11 is 6.09. The van der Waals surface area contributed by atoms with Crippen LogP contribution in [0, 0.1) is 6.92 Å². The summed E-state index contributed by atoms with van der Waals surface area (Å²) in [6.07, 6.45) is 0.800. The van der Waals surface area contributed by atoms with Gasteiger partial charge in [0.25, 0.3) is 0 Å². The number of carbonyl (C=O) groups is 1. The van der Waals surface area contributed by atoms with E-state index in [-0.39, 0.29) is 0 Å². The van der Waals surface area contributed by atoms with Crippen molar-refractivity contribution in [2.45, 2.75) is 33.1 Å². The molecule has 15 heavy (non-hydrogen) atoms. The molecule has 1 aromatic carbocycles. The first-order valence-electron chi connectivity index (χ1n) is 4.99. The number of carboxylic acid groups (broad SMARTS) is 1. The van der Waals surface area contributed by atoms with Gasteiger partial charge in [-0.1, -0.05) is 24.6 Å². The van der Waals surface area contributed by atoms with E-state index in [1.807, 2.05) is 26.0 Å². The molecule has 2 nitrogen and oxygen atoms in total. The molecule has 0 bridgehead atoms. The quantitative estimate of drug-likeness (QED) is 0.858. The fourth-order valence-corrected chi connectivity index (χ4v) is 2.18. The lowest BCUT2D eigenvalue weighted by Crippen LogP contribution is -2.10. The van der Waals surface area contributed by atoms with E-state index in [9.17, 15) is 4.79 Å². The molecule has 0 aromatic heterocycles. The molecule has 0 amide bonds. The largest absolute Gasteiger partial charge is 0.481 e. The van der Waals surface area contributed by atoms with Crippen LogP contribution in [0.5, 0.6) is 0 Å². The fraction of sp³-hybridized carbons (Fsp3) is 0.417. The van der Waals surface area contributed by atoms with E-state index >= 15 is 0 Å². The average molecular weight is 227 g/mol. The van der Waals surface area contributed by atoms with Crippen LogP contribution in [0.2, 0.25) is 5.02 Å². The Hall–Kier alpha value is -1.02. The molecule has 0 heterocycles. The van der Waals surface area contributed by atoms with Gasteiger partial charge < -0.3 is 5.11 Å². The Labute approximate surface area is 94.9 Å². The molecule has 0 aliphatic rings. The van der Waals surface area contributed by atoms with Crippen molar-refractivity contribution in [2.75, 3.05) is 0 Å². The van der Waals surface area contributed by atoms with Crippen LogP contribution < -0.4 is 0 Å². The summed E-state index contributed by atoms with van der Waals surface area (Å²) in [6, 6.07) is 3.82. The summed E-state index contributed by atoms with van der Waals surface area (Å²) in [5.74, 6) is -1.39. The van der Waals surface area contributed by atoms with E-state index in [0.717, 1.165) is 23.1 Å². The van der Waals surface area contributed by atoms with E-state index in [1.165, 1.54) is 0 Å². The molecule has 1 aromatic rings. The highest BCUT2D eigenvalue weighted by molar-refractivity contribution is 6.31. The minimum atomic E-state index is -0.838. The van der Waals surface area contributed by atoms with Gasteiger partial charge in [0.15, 0.2) is 0 Å². The molecule has 0 radical (unpaired) electrons. The Kier molecular flexibility index (Phi) is 3.75. The van der Waals surface area contributed by atoms with E-state index < -0.39 is 11.9 Å². The van der Waals surface area contributed by atoms with E-state index in [0.29, 0.717) is 5.02 Å². The molecule has 82 valence electrons. The topological polar surface area (TPSA) is 37.3 Å². The zero-order valence-corrected chi connectivity index (χ0v) is 9.93. The van der Waals surface area contributed by atoms with Gasteiger partial charge in [-0.15, -0.1) is 0 Å². The van der Waals surface area contributed by atoms with Gasteiger partial charge in [-0.05, 0) is 43.0 Å². The number of halogens is 1. The Morgan fingerprint density at radius 3 is 2.60 bits per heavy atom. The van der Waals surface area contributed by atoms with E-state index in [4.69, 9.17) is 16.7 Å². The molecular weight excluding hydrogens is 212 g/mol. The number of carboxylic acids is 1. The number of hydrogen-bond donors (Lipinski definition) is 1. The Bertz CT molecular complexity index is 385. The predicted octanol–water partition coefficient (Wildman–Crippen LogP) is 3.40. The van der Waals surface area contributed by atoms with Crippen LogP contribution >= 0.6 is 11.6 Å². The maximum absolute atomic E-state index is 10.9. The maximum Gasteiger partial charge on any atom is 0.310 e. The number of aliphatic carboxylic acids is 1. The van der Waals surface area contributed by atoms with Crippen LogP contribution in [0.3, 0.4) is 0 Å². The third-order valence-corrected chi connectivity index (χ3v) is 2.86. The molecule has 0 fully saturated rings. The normalized spacial score (nSPS) is 12.5. The molecule has 0 aliphatic heterocycles.